The maximum absolute atomic E-state index is 12.2. The molecule has 22 heavy (non-hydrogen) atoms. The van der Waals surface area contributed by atoms with Crippen molar-refractivity contribution in [2.24, 2.45) is 0 Å². The van der Waals surface area contributed by atoms with Crippen LogP contribution in [0.2, 0.25) is 0 Å². The molecule has 1 fully saturated rings. The number of carbonyl (C=O) groups is 1. The number of aromatic nitrogens is 1. The van der Waals surface area contributed by atoms with Crippen molar-refractivity contribution in [1.29, 1.82) is 0 Å². The number of nitrogens with zero attached hydrogens (tertiary/aromatic N) is 2. The third kappa shape index (κ3) is 4.17. The summed E-state index contributed by atoms with van der Waals surface area (Å²) in [6.45, 7) is 2.27. The lowest BCUT2D eigenvalue weighted by molar-refractivity contribution is -0.117. The maximum atomic E-state index is 12.2. The number of ether oxygens (including phenoxy) is 1. The SMILES string of the molecule is COc1ccc(C)nc1NC(=O)CC1CS(=O)(=O)CCN1C. The van der Waals surface area contributed by atoms with Gasteiger partial charge >= 0.3 is 0 Å². The first-order chi connectivity index (χ1) is 10.3. The Bertz CT molecular complexity index is 660. The zero-order valence-electron chi connectivity index (χ0n) is 13.0. The Morgan fingerprint density at radius 2 is 2.23 bits per heavy atom. The highest BCUT2D eigenvalue weighted by Crippen LogP contribution is 2.22. The molecule has 8 heteroatoms. The highest BCUT2D eigenvalue weighted by atomic mass is 32.2. The van der Waals surface area contributed by atoms with Crippen LogP contribution in [0, 0.1) is 6.92 Å². The van der Waals surface area contributed by atoms with Crippen molar-refractivity contribution in [3.05, 3.63) is 17.8 Å². The van der Waals surface area contributed by atoms with Gasteiger partial charge in [-0.1, -0.05) is 0 Å². The van der Waals surface area contributed by atoms with Gasteiger partial charge in [0.25, 0.3) is 0 Å². The molecule has 0 saturated carbocycles. The smallest absolute Gasteiger partial charge is 0.227 e. The van der Waals surface area contributed by atoms with Crippen molar-refractivity contribution in [3.8, 4) is 5.75 Å². The monoisotopic (exact) mass is 327 g/mol. The molecule has 1 amide bonds. The van der Waals surface area contributed by atoms with Crippen molar-refractivity contribution >= 4 is 21.6 Å². The summed E-state index contributed by atoms with van der Waals surface area (Å²) in [5.74, 6) is 0.715. The van der Waals surface area contributed by atoms with Gasteiger partial charge < -0.3 is 15.0 Å². The number of sulfone groups is 1. The van der Waals surface area contributed by atoms with E-state index in [0.29, 0.717) is 18.1 Å². The van der Waals surface area contributed by atoms with Crippen LogP contribution in [0.15, 0.2) is 12.1 Å². The van der Waals surface area contributed by atoms with Gasteiger partial charge in [0.15, 0.2) is 21.4 Å². The first kappa shape index (κ1) is 16.7. The molecule has 2 rings (SSSR count). The second kappa shape index (κ2) is 6.62. The molecule has 0 radical (unpaired) electrons. The molecule has 0 bridgehead atoms. The first-order valence-electron chi connectivity index (χ1n) is 7.03. The summed E-state index contributed by atoms with van der Waals surface area (Å²) in [4.78, 5) is 18.3. The maximum Gasteiger partial charge on any atom is 0.227 e. The van der Waals surface area contributed by atoms with Crippen molar-refractivity contribution in [3.63, 3.8) is 0 Å². The van der Waals surface area contributed by atoms with Crippen LogP contribution < -0.4 is 10.1 Å². The number of amides is 1. The van der Waals surface area contributed by atoms with Crippen LogP contribution >= 0.6 is 0 Å². The molecule has 1 aliphatic rings. The van der Waals surface area contributed by atoms with E-state index in [1.54, 1.807) is 12.1 Å². The second-order valence-electron chi connectivity index (χ2n) is 5.50. The van der Waals surface area contributed by atoms with Gasteiger partial charge in [0.1, 0.15) is 0 Å². The van der Waals surface area contributed by atoms with E-state index >= 15 is 0 Å². The topological polar surface area (TPSA) is 88.6 Å². The van der Waals surface area contributed by atoms with Crippen LogP contribution in [0.1, 0.15) is 12.1 Å². The molecule has 1 saturated heterocycles. The fourth-order valence-electron chi connectivity index (χ4n) is 2.38. The van der Waals surface area contributed by atoms with Crippen LogP contribution in [0.25, 0.3) is 0 Å². The Hall–Kier alpha value is -1.67. The third-order valence-electron chi connectivity index (χ3n) is 3.72. The summed E-state index contributed by atoms with van der Waals surface area (Å²) in [5.41, 5.74) is 0.758. The van der Waals surface area contributed by atoms with E-state index in [9.17, 15) is 13.2 Å². The molecule has 7 nitrogen and oxygen atoms in total. The fourth-order valence-corrected chi connectivity index (χ4v) is 4.07. The van der Waals surface area contributed by atoms with E-state index in [1.807, 2.05) is 18.9 Å². The number of rotatable bonds is 4. The highest BCUT2D eigenvalue weighted by Gasteiger charge is 2.30. The lowest BCUT2D eigenvalue weighted by atomic mass is 10.2. The van der Waals surface area contributed by atoms with E-state index in [2.05, 4.69) is 10.3 Å². The second-order valence-corrected chi connectivity index (χ2v) is 7.73. The first-order valence-corrected chi connectivity index (χ1v) is 8.85. The zero-order valence-corrected chi connectivity index (χ0v) is 13.8. The molecule has 1 aliphatic heterocycles. The lowest BCUT2D eigenvalue weighted by Gasteiger charge is -2.31. The number of carbonyl (C=O) groups excluding carboxylic acids is 1. The Morgan fingerprint density at radius 3 is 2.91 bits per heavy atom. The number of aryl methyl sites for hydroxylation is 1. The number of anilines is 1. The standard InChI is InChI=1S/C14H21N3O4S/c1-10-4-5-12(21-3)14(15-10)16-13(18)8-11-9-22(19,20)7-6-17(11)2/h4-5,11H,6-9H2,1-3H3,(H,15,16,18). The summed E-state index contributed by atoms with van der Waals surface area (Å²) < 4.78 is 28.6. The summed E-state index contributed by atoms with van der Waals surface area (Å²) in [6, 6.07) is 3.21. The number of nitrogens with one attached hydrogen (secondary N) is 1. The Kier molecular flexibility index (Phi) is 5.02. The van der Waals surface area contributed by atoms with Gasteiger partial charge in [0.05, 0.1) is 18.6 Å². The molecule has 0 aromatic carbocycles. The van der Waals surface area contributed by atoms with Crippen molar-refractivity contribution < 1.29 is 17.9 Å². The number of hydrogen-bond donors (Lipinski definition) is 1. The molecule has 0 aliphatic carbocycles. The van der Waals surface area contributed by atoms with Crippen LogP contribution in [0.4, 0.5) is 5.82 Å². The molecule has 1 atom stereocenters. The Morgan fingerprint density at radius 1 is 1.50 bits per heavy atom. The van der Waals surface area contributed by atoms with Crippen LogP contribution in [-0.4, -0.2) is 62.5 Å². The van der Waals surface area contributed by atoms with Gasteiger partial charge in [-0.15, -0.1) is 0 Å². The average Bonchev–Trinajstić information content (AvgIpc) is 2.43. The minimum absolute atomic E-state index is 0.00923. The quantitative estimate of drug-likeness (QED) is 0.864. The summed E-state index contributed by atoms with van der Waals surface area (Å²) in [5, 5.41) is 2.70. The average molecular weight is 327 g/mol. The molecule has 2 heterocycles. The van der Waals surface area contributed by atoms with E-state index in [1.165, 1.54) is 7.11 Å². The van der Waals surface area contributed by atoms with Crippen LogP contribution in [-0.2, 0) is 14.6 Å². The Balaban J connectivity index is 2.05. The predicted octanol–water partition coefficient (Wildman–Crippen LogP) is 0.456. The van der Waals surface area contributed by atoms with Gasteiger partial charge in [-0.2, -0.15) is 0 Å². The molecular formula is C14H21N3O4S. The van der Waals surface area contributed by atoms with Crippen LogP contribution in [0.3, 0.4) is 0 Å². The molecule has 1 aromatic rings. The van der Waals surface area contributed by atoms with E-state index in [4.69, 9.17) is 4.74 Å². The molecule has 1 N–H and O–H groups in total. The third-order valence-corrected chi connectivity index (χ3v) is 5.42. The summed E-state index contributed by atoms with van der Waals surface area (Å²) in [6.07, 6.45) is 0.106. The van der Waals surface area contributed by atoms with Gasteiger partial charge in [-0.3, -0.25) is 4.79 Å². The zero-order chi connectivity index (χ0) is 16.3. The molecule has 1 unspecified atom stereocenters. The summed E-state index contributed by atoms with van der Waals surface area (Å²) >= 11 is 0. The lowest BCUT2D eigenvalue weighted by Crippen LogP contribution is -2.47. The summed E-state index contributed by atoms with van der Waals surface area (Å²) in [7, 11) is 0.270. The number of pyridine rings is 1. The predicted molar refractivity (Wildman–Crippen MR) is 83.8 cm³/mol. The highest BCUT2D eigenvalue weighted by molar-refractivity contribution is 7.91. The van der Waals surface area contributed by atoms with E-state index in [0.717, 1.165) is 5.69 Å². The molecular weight excluding hydrogens is 306 g/mol. The fraction of sp³-hybridized carbons (Fsp3) is 0.571. The van der Waals surface area contributed by atoms with E-state index in [-0.39, 0.29) is 29.9 Å². The minimum atomic E-state index is -3.06. The van der Waals surface area contributed by atoms with E-state index < -0.39 is 9.84 Å². The van der Waals surface area contributed by atoms with Gasteiger partial charge in [-0.05, 0) is 26.1 Å². The number of methoxy groups -OCH3 is 1. The van der Waals surface area contributed by atoms with Gasteiger partial charge in [0, 0.05) is 24.7 Å². The molecule has 0 spiro atoms. The largest absolute Gasteiger partial charge is 0.493 e. The normalized spacial score (nSPS) is 21.3. The van der Waals surface area contributed by atoms with Crippen molar-refractivity contribution in [1.82, 2.24) is 9.88 Å². The van der Waals surface area contributed by atoms with Gasteiger partial charge in [-0.25, -0.2) is 13.4 Å². The van der Waals surface area contributed by atoms with Crippen LogP contribution in [0.5, 0.6) is 5.75 Å². The number of hydrogen-bond acceptors (Lipinski definition) is 6. The van der Waals surface area contributed by atoms with Gasteiger partial charge in [0.2, 0.25) is 5.91 Å². The minimum Gasteiger partial charge on any atom is -0.493 e. The van der Waals surface area contributed by atoms with Crippen molar-refractivity contribution in [2.75, 3.05) is 37.5 Å². The Labute approximate surface area is 130 Å². The molecule has 1 aromatic heterocycles. The van der Waals surface area contributed by atoms with Crippen molar-refractivity contribution in [2.45, 2.75) is 19.4 Å². The molecule has 122 valence electrons.